The average Bonchev–Trinajstić information content (AvgIpc) is 3.18. The van der Waals surface area contributed by atoms with Crippen LogP contribution in [0.4, 0.5) is 4.79 Å². The van der Waals surface area contributed by atoms with Crippen molar-refractivity contribution in [1.29, 1.82) is 0 Å². The molecule has 3 aromatic carbocycles. The fraction of sp³-hybridized carbons (Fsp3) is 0.148. The van der Waals surface area contributed by atoms with Crippen LogP contribution in [0.1, 0.15) is 34.1 Å². The number of para-hydroxylation sites is 2. The van der Waals surface area contributed by atoms with E-state index in [1.807, 2.05) is 54.6 Å². The standard InChI is InChI=1S/C27H25N3O5/c1-17-26(21-12-5-6-13-22(21)29-17)24(31)16-34-25(32)15-23(30-27(28)33)18-8-7-11-20(14-18)35-19-9-3-2-4-10-19/h2-14,23,29H,15-16H2,1H3,(H3,28,30,33). The molecular weight excluding hydrogens is 446 g/mol. The van der Waals surface area contributed by atoms with Crippen molar-refractivity contribution in [3.05, 3.63) is 95.7 Å². The largest absolute Gasteiger partial charge is 0.457 e. The van der Waals surface area contributed by atoms with Crippen LogP contribution < -0.4 is 15.8 Å². The molecule has 2 amide bonds. The number of fused-ring (bicyclic) bond motifs is 1. The molecule has 1 aromatic heterocycles. The number of rotatable bonds is 9. The topological polar surface area (TPSA) is 124 Å². The van der Waals surface area contributed by atoms with E-state index in [4.69, 9.17) is 15.2 Å². The minimum atomic E-state index is -0.789. The molecule has 1 unspecified atom stereocenters. The minimum absolute atomic E-state index is 0.210. The Labute approximate surface area is 202 Å². The molecule has 8 heteroatoms. The number of urea groups is 1. The van der Waals surface area contributed by atoms with Crippen molar-refractivity contribution >= 4 is 28.7 Å². The van der Waals surface area contributed by atoms with E-state index in [-0.39, 0.29) is 12.2 Å². The second kappa shape index (κ2) is 10.6. The van der Waals surface area contributed by atoms with E-state index in [0.29, 0.717) is 28.3 Å². The third-order valence-corrected chi connectivity index (χ3v) is 5.46. The van der Waals surface area contributed by atoms with E-state index >= 15 is 0 Å². The van der Waals surface area contributed by atoms with Gasteiger partial charge < -0.3 is 25.5 Å². The molecule has 35 heavy (non-hydrogen) atoms. The maximum absolute atomic E-state index is 12.8. The first-order chi connectivity index (χ1) is 16.9. The van der Waals surface area contributed by atoms with Crippen molar-refractivity contribution in [2.75, 3.05) is 6.61 Å². The van der Waals surface area contributed by atoms with Crippen molar-refractivity contribution in [3.63, 3.8) is 0 Å². The third-order valence-electron chi connectivity index (χ3n) is 5.46. The number of H-pyrrole nitrogens is 1. The molecule has 0 aliphatic rings. The number of hydrogen-bond acceptors (Lipinski definition) is 5. The van der Waals surface area contributed by atoms with Gasteiger partial charge in [-0.2, -0.15) is 0 Å². The summed E-state index contributed by atoms with van der Waals surface area (Å²) in [6.07, 6.45) is -0.210. The highest BCUT2D eigenvalue weighted by molar-refractivity contribution is 6.10. The monoisotopic (exact) mass is 471 g/mol. The summed E-state index contributed by atoms with van der Waals surface area (Å²) in [6, 6.07) is 22.1. The van der Waals surface area contributed by atoms with Crippen LogP contribution in [0.25, 0.3) is 10.9 Å². The van der Waals surface area contributed by atoms with Gasteiger partial charge in [0, 0.05) is 22.2 Å². The molecule has 4 N–H and O–H groups in total. The van der Waals surface area contributed by atoms with Crippen LogP contribution in [0.15, 0.2) is 78.9 Å². The van der Waals surface area contributed by atoms with Gasteiger partial charge in [-0.3, -0.25) is 9.59 Å². The first-order valence-corrected chi connectivity index (χ1v) is 11.1. The second-order valence-corrected chi connectivity index (χ2v) is 8.01. The van der Waals surface area contributed by atoms with E-state index in [9.17, 15) is 14.4 Å². The van der Waals surface area contributed by atoms with Gasteiger partial charge in [0.15, 0.2) is 6.61 Å². The number of ether oxygens (including phenoxy) is 2. The summed E-state index contributed by atoms with van der Waals surface area (Å²) in [6.45, 7) is 1.38. The normalized spacial score (nSPS) is 11.6. The van der Waals surface area contributed by atoms with Gasteiger partial charge >= 0.3 is 12.0 Å². The molecular formula is C27H25N3O5. The number of esters is 1. The van der Waals surface area contributed by atoms with Crippen LogP contribution in [0, 0.1) is 6.92 Å². The van der Waals surface area contributed by atoms with Crippen molar-refractivity contribution in [1.82, 2.24) is 10.3 Å². The Morgan fingerprint density at radius 3 is 2.43 bits per heavy atom. The Bertz CT molecular complexity index is 1360. The fourth-order valence-corrected chi connectivity index (χ4v) is 3.92. The molecule has 1 heterocycles. The van der Waals surface area contributed by atoms with E-state index < -0.39 is 24.6 Å². The molecule has 0 radical (unpaired) electrons. The van der Waals surface area contributed by atoms with Crippen molar-refractivity contribution in [2.45, 2.75) is 19.4 Å². The molecule has 0 aliphatic heterocycles. The van der Waals surface area contributed by atoms with Crippen molar-refractivity contribution in [3.8, 4) is 11.5 Å². The van der Waals surface area contributed by atoms with Gasteiger partial charge in [0.05, 0.1) is 12.5 Å². The number of aromatic amines is 1. The van der Waals surface area contributed by atoms with Crippen LogP contribution in [0.5, 0.6) is 11.5 Å². The summed E-state index contributed by atoms with van der Waals surface area (Å²) in [4.78, 5) is 40.1. The number of hydrogen-bond donors (Lipinski definition) is 3. The van der Waals surface area contributed by atoms with Crippen molar-refractivity contribution < 1.29 is 23.9 Å². The lowest BCUT2D eigenvalue weighted by Gasteiger charge is -2.18. The number of aryl methyl sites for hydroxylation is 1. The number of ketones is 1. The molecule has 0 saturated heterocycles. The molecule has 4 aromatic rings. The van der Waals surface area contributed by atoms with Crippen LogP contribution in [0.2, 0.25) is 0 Å². The van der Waals surface area contributed by atoms with Gasteiger partial charge in [0.2, 0.25) is 5.78 Å². The number of benzene rings is 3. The molecule has 0 spiro atoms. The Balaban J connectivity index is 1.43. The Kier molecular flexibility index (Phi) is 7.11. The molecule has 0 bridgehead atoms. The molecule has 8 nitrogen and oxygen atoms in total. The van der Waals surface area contributed by atoms with Crippen LogP contribution >= 0.6 is 0 Å². The highest BCUT2D eigenvalue weighted by Gasteiger charge is 2.22. The van der Waals surface area contributed by atoms with Crippen LogP contribution in [-0.4, -0.2) is 29.4 Å². The highest BCUT2D eigenvalue weighted by Crippen LogP contribution is 2.26. The molecule has 1 atom stereocenters. The average molecular weight is 472 g/mol. The van der Waals surface area contributed by atoms with Crippen LogP contribution in [0.3, 0.4) is 0 Å². The zero-order valence-corrected chi connectivity index (χ0v) is 19.1. The summed E-state index contributed by atoms with van der Waals surface area (Å²) >= 11 is 0. The lowest BCUT2D eigenvalue weighted by atomic mass is 10.0. The van der Waals surface area contributed by atoms with E-state index in [1.165, 1.54) is 0 Å². The highest BCUT2D eigenvalue weighted by atomic mass is 16.5. The lowest BCUT2D eigenvalue weighted by molar-refractivity contribution is -0.143. The van der Waals surface area contributed by atoms with Crippen LogP contribution in [-0.2, 0) is 9.53 Å². The van der Waals surface area contributed by atoms with E-state index in [2.05, 4.69) is 10.3 Å². The molecule has 178 valence electrons. The fourth-order valence-electron chi connectivity index (χ4n) is 3.92. The molecule has 0 aliphatic carbocycles. The van der Waals surface area contributed by atoms with E-state index in [0.717, 1.165) is 10.9 Å². The van der Waals surface area contributed by atoms with Gasteiger partial charge in [0.25, 0.3) is 0 Å². The lowest BCUT2D eigenvalue weighted by Crippen LogP contribution is -2.34. The SMILES string of the molecule is Cc1[nH]c2ccccc2c1C(=O)COC(=O)CC(NC(N)=O)c1cccc(Oc2ccccc2)c1. The number of nitrogens with two attached hydrogens (primary N) is 1. The Morgan fingerprint density at radius 1 is 0.943 bits per heavy atom. The molecule has 0 saturated carbocycles. The summed E-state index contributed by atoms with van der Waals surface area (Å²) in [5.74, 6) is 0.216. The zero-order chi connectivity index (χ0) is 24.8. The Hall–Kier alpha value is -4.59. The first-order valence-electron chi connectivity index (χ1n) is 11.1. The summed E-state index contributed by atoms with van der Waals surface area (Å²) in [7, 11) is 0. The maximum Gasteiger partial charge on any atom is 0.312 e. The summed E-state index contributed by atoms with van der Waals surface area (Å²) in [5, 5.41) is 3.33. The van der Waals surface area contributed by atoms with Gasteiger partial charge in [-0.25, -0.2) is 4.79 Å². The van der Waals surface area contributed by atoms with Crippen molar-refractivity contribution in [2.24, 2.45) is 5.73 Å². The Morgan fingerprint density at radius 2 is 1.66 bits per heavy atom. The van der Waals surface area contributed by atoms with E-state index in [1.54, 1.807) is 31.2 Å². The number of aromatic nitrogens is 1. The number of primary amides is 1. The second-order valence-electron chi connectivity index (χ2n) is 8.01. The smallest absolute Gasteiger partial charge is 0.312 e. The quantitative estimate of drug-likeness (QED) is 0.239. The summed E-state index contributed by atoms with van der Waals surface area (Å²) < 4.78 is 11.1. The molecule has 0 fully saturated rings. The maximum atomic E-state index is 12.8. The number of nitrogens with one attached hydrogen (secondary N) is 2. The number of carbonyl (C=O) groups is 3. The zero-order valence-electron chi connectivity index (χ0n) is 19.1. The van der Waals surface area contributed by atoms with Gasteiger partial charge in [0.1, 0.15) is 11.5 Å². The number of carbonyl (C=O) groups excluding carboxylic acids is 3. The minimum Gasteiger partial charge on any atom is -0.457 e. The predicted octanol–water partition coefficient (Wildman–Crippen LogP) is 4.79. The molecule has 4 rings (SSSR count). The van der Waals surface area contributed by atoms with Gasteiger partial charge in [-0.15, -0.1) is 0 Å². The summed E-state index contributed by atoms with van der Waals surface area (Å²) in [5.41, 5.74) is 7.97. The first kappa shape index (κ1) is 23.6. The van der Waals surface area contributed by atoms with Gasteiger partial charge in [-0.05, 0) is 42.8 Å². The van der Waals surface area contributed by atoms with Gasteiger partial charge in [-0.1, -0.05) is 48.5 Å². The third kappa shape index (κ3) is 5.86. The number of Topliss-reactive ketones (excluding diaryl/α,β-unsaturated/α-hetero) is 1. The predicted molar refractivity (Wildman–Crippen MR) is 131 cm³/mol. The number of amides is 2.